The van der Waals surface area contributed by atoms with Crippen LogP contribution in [0.2, 0.25) is 0 Å². The number of aromatic nitrogens is 2. The normalized spacial score (nSPS) is 18.4. The first-order chi connectivity index (χ1) is 14.2. The van der Waals surface area contributed by atoms with E-state index in [0.717, 1.165) is 50.6 Å². The van der Waals surface area contributed by atoms with Crippen LogP contribution in [0, 0.1) is 0 Å². The summed E-state index contributed by atoms with van der Waals surface area (Å²) in [4.78, 5) is 7.21. The van der Waals surface area contributed by atoms with E-state index in [1.54, 1.807) is 0 Å². The molecule has 0 radical (unpaired) electrons. The minimum absolute atomic E-state index is 0.0612. The first-order valence-electron chi connectivity index (χ1n) is 10.7. The van der Waals surface area contributed by atoms with E-state index in [9.17, 15) is 0 Å². The van der Waals surface area contributed by atoms with Crippen LogP contribution in [0.4, 0.5) is 5.69 Å². The molecule has 2 heterocycles. The fourth-order valence-corrected chi connectivity index (χ4v) is 3.55. The first kappa shape index (κ1) is 21.0. The molecule has 0 spiro atoms. The van der Waals surface area contributed by atoms with Crippen LogP contribution in [0.3, 0.4) is 0 Å². The second kappa shape index (κ2) is 10.7. The lowest BCUT2D eigenvalue weighted by Crippen LogP contribution is -2.51. The Morgan fingerprint density at radius 2 is 2.14 bits per heavy atom. The quantitative estimate of drug-likeness (QED) is 0.529. The molecule has 1 aliphatic heterocycles. The molecular formula is C22H34N6O. The van der Waals surface area contributed by atoms with E-state index in [0.29, 0.717) is 12.6 Å². The van der Waals surface area contributed by atoms with Crippen LogP contribution in [-0.4, -0.2) is 54.1 Å². The number of anilines is 1. The molecule has 0 aliphatic carbocycles. The summed E-state index contributed by atoms with van der Waals surface area (Å²) in [5.41, 5.74) is 1.18. The zero-order valence-electron chi connectivity index (χ0n) is 17.8. The Kier molecular flexibility index (Phi) is 7.78. The highest BCUT2D eigenvalue weighted by atomic mass is 16.5. The number of nitrogens with one attached hydrogen (secondary N) is 2. The van der Waals surface area contributed by atoms with Gasteiger partial charge in [-0.05, 0) is 38.3 Å². The summed E-state index contributed by atoms with van der Waals surface area (Å²) in [5, 5.41) is 11.3. The van der Waals surface area contributed by atoms with Crippen LogP contribution < -0.4 is 20.3 Å². The van der Waals surface area contributed by atoms with Gasteiger partial charge < -0.3 is 20.3 Å². The van der Waals surface area contributed by atoms with Crippen molar-refractivity contribution in [2.24, 2.45) is 12.0 Å². The summed E-state index contributed by atoms with van der Waals surface area (Å²) < 4.78 is 7.94. The first-order valence-corrected chi connectivity index (χ1v) is 10.7. The number of nitrogens with zero attached hydrogens (tertiary/aromatic N) is 4. The van der Waals surface area contributed by atoms with Gasteiger partial charge in [-0.2, -0.15) is 5.10 Å². The van der Waals surface area contributed by atoms with Gasteiger partial charge in [-0.1, -0.05) is 25.1 Å². The van der Waals surface area contributed by atoms with Gasteiger partial charge in [-0.15, -0.1) is 0 Å². The molecule has 0 saturated carbocycles. The third-order valence-electron chi connectivity index (χ3n) is 5.12. The van der Waals surface area contributed by atoms with E-state index in [-0.39, 0.29) is 6.10 Å². The second-order valence-corrected chi connectivity index (χ2v) is 7.48. The number of hydrogen-bond acceptors (Lipinski definition) is 4. The Bertz CT molecular complexity index is 760. The molecule has 1 aliphatic rings. The molecule has 2 N–H and O–H groups in total. The minimum Gasteiger partial charge on any atom is -0.489 e. The number of aryl methyl sites for hydroxylation is 1. The highest BCUT2D eigenvalue weighted by Gasteiger charge is 2.22. The van der Waals surface area contributed by atoms with E-state index in [2.05, 4.69) is 40.7 Å². The highest BCUT2D eigenvalue weighted by molar-refractivity contribution is 5.80. The van der Waals surface area contributed by atoms with Crippen LogP contribution in [-0.2, 0) is 7.05 Å². The Morgan fingerprint density at radius 1 is 1.31 bits per heavy atom. The Labute approximate surface area is 174 Å². The maximum absolute atomic E-state index is 6.08. The summed E-state index contributed by atoms with van der Waals surface area (Å²) in [6.07, 6.45) is 7.28. The number of piperidine rings is 1. The van der Waals surface area contributed by atoms with Crippen molar-refractivity contribution in [2.45, 2.75) is 45.3 Å². The number of benzene rings is 1. The largest absolute Gasteiger partial charge is 0.489 e. The third-order valence-corrected chi connectivity index (χ3v) is 5.12. The Balaban J connectivity index is 1.57. The Morgan fingerprint density at radius 3 is 2.83 bits per heavy atom. The molecule has 1 fully saturated rings. The van der Waals surface area contributed by atoms with Crippen molar-refractivity contribution in [1.29, 1.82) is 0 Å². The number of hydrogen-bond donors (Lipinski definition) is 2. The molecule has 7 nitrogen and oxygen atoms in total. The zero-order chi connectivity index (χ0) is 20.5. The fraction of sp³-hybridized carbons (Fsp3) is 0.545. The van der Waals surface area contributed by atoms with Crippen molar-refractivity contribution >= 4 is 11.6 Å². The molecule has 2 aromatic rings. The van der Waals surface area contributed by atoms with Crippen LogP contribution in [0.5, 0.6) is 5.75 Å². The summed E-state index contributed by atoms with van der Waals surface area (Å²) >= 11 is 0. The lowest BCUT2D eigenvalue weighted by atomic mass is 10.1. The van der Waals surface area contributed by atoms with E-state index in [1.165, 1.54) is 5.69 Å². The lowest BCUT2D eigenvalue weighted by molar-refractivity contribution is 0.205. The van der Waals surface area contributed by atoms with E-state index in [4.69, 9.17) is 9.73 Å². The SMILES string of the molecule is CCNC(=NCC(CC)Oc1ccccc1)NC1CCCN(c2cnn(C)c2)C1. The average molecular weight is 399 g/mol. The van der Waals surface area contributed by atoms with Gasteiger partial charge in [0.05, 0.1) is 18.4 Å². The molecule has 2 atom stereocenters. The van der Waals surface area contributed by atoms with Crippen LogP contribution >= 0.6 is 0 Å². The molecular weight excluding hydrogens is 364 g/mol. The molecule has 29 heavy (non-hydrogen) atoms. The van der Waals surface area contributed by atoms with Crippen molar-refractivity contribution in [3.05, 3.63) is 42.7 Å². The standard InChI is InChI=1S/C22H34N6O/c1-4-20(29-21-11-7-6-8-12-21)15-24-22(23-5-2)26-18-10-9-13-28(16-18)19-14-25-27(3)17-19/h6-8,11-12,14,17-18,20H,4-5,9-10,13,15-16H2,1-3H3,(H2,23,24,26). The molecule has 2 unspecified atom stereocenters. The van der Waals surface area contributed by atoms with Crippen molar-refractivity contribution in [2.75, 3.05) is 31.1 Å². The van der Waals surface area contributed by atoms with Crippen molar-refractivity contribution in [1.82, 2.24) is 20.4 Å². The number of guanidine groups is 1. The van der Waals surface area contributed by atoms with Crippen molar-refractivity contribution < 1.29 is 4.74 Å². The smallest absolute Gasteiger partial charge is 0.191 e. The Hall–Kier alpha value is -2.70. The molecule has 158 valence electrons. The van der Waals surface area contributed by atoms with Gasteiger partial charge >= 0.3 is 0 Å². The van der Waals surface area contributed by atoms with E-state index in [1.807, 2.05) is 48.3 Å². The van der Waals surface area contributed by atoms with Gasteiger partial charge in [0.15, 0.2) is 5.96 Å². The summed E-state index contributed by atoms with van der Waals surface area (Å²) in [6.45, 7) is 7.71. The number of rotatable bonds is 8. The van der Waals surface area contributed by atoms with Gasteiger partial charge in [0.25, 0.3) is 0 Å². The second-order valence-electron chi connectivity index (χ2n) is 7.48. The van der Waals surface area contributed by atoms with Crippen LogP contribution in [0.1, 0.15) is 33.1 Å². The fourth-order valence-electron chi connectivity index (χ4n) is 3.55. The minimum atomic E-state index is 0.0612. The van der Waals surface area contributed by atoms with Gasteiger partial charge in [0, 0.05) is 38.9 Å². The van der Waals surface area contributed by atoms with Gasteiger partial charge in [0.1, 0.15) is 11.9 Å². The number of para-hydroxylation sites is 1. The van der Waals surface area contributed by atoms with Crippen molar-refractivity contribution in [3.8, 4) is 5.75 Å². The summed E-state index contributed by atoms with van der Waals surface area (Å²) in [5.74, 6) is 1.76. The van der Waals surface area contributed by atoms with Gasteiger partial charge in [0.2, 0.25) is 0 Å². The molecule has 0 amide bonds. The zero-order valence-corrected chi connectivity index (χ0v) is 17.8. The van der Waals surface area contributed by atoms with E-state index < -0.39 is 0 Å². The number of ether oxygens (including phenoxy) is 1. The summed E-state index contributed by atoms with van der Waals surface area (Å²) in [6, 6.07) is 10.3. The van der Waals surface area contributed by atoms with Crippen LogP contribution in [0.15, 0.2) is 47.7 Å². The monoisotopic (exact) mass is 398 g/mol. The molecule has 1 saturated heterocycles. The van der Waals surface area contributed by atoms with Gasteiger partial charge in [-0.25, -0.2) is 4.99 Å². The van der Waals surface area contributed by atoms with Gasteiger partial charge in [-0.3, -0.25) is 4.68 Å². The maximum Gasteiger partial charge on any atom is 0.191 e. The summed E-state index contributed by atoms with van der Waals surface area (Å²) in [7, 11) is 1.96. The maximum atomic E-state index is 6.08. The molecule has 3 rings (SSSR count). The third kappa shape index (κ3) is 6.41. The topological polar surface area (TPSA) is 66.7 Å². The van der Waals surface area contributed by atoms with Crippen LogP contribution in [0.25, 0.3) is 0 Å². The average Bonchev–Trinajstić information content (AvgIpc) is 3.18. The van der Waals surface area contributed by atoms with E-state index >= 15 is 0 Å². The molecule has 1 aromatic carbocycles. The van der Waals surface area contributed by atoms with Crippen molar-refractivity contribution in [3.63, 3.8) is 0 Å². The predicted molar refractivity (Wildman–Crippen MR) is 119 cm³/mol. The highest BCUT2D eigenvalue weighted by Crippen LogP contribution is 2.19. The lowest BCUT2D eigenvalue weighted by Gasteiger charge is -2.34. The number of aliphatic imine (C=N–C) groups is 1. The molecule has 7 heteroatoms. The predicted octanol–water partition coefficient (Wildman–Crippen LogP) is 2.80. The molecule has 0 bridgehead atoms. The molecule has 1 aromatic heterocycles.